The second kappa shape index (κ2) is 10.4. The number of pyridine rings is 1. The fourth-order valence-corrected chi connectivity index (χ4v) is 4.23. The van der Waals surface area contributed by atoms with Crippen molar-refractivity contribution in [2.24, 2.45) is 10.9 Å². The van der Waals surface area contributed by atoms with Crippen LogP contribution in [0.25, 0.3) is 0 Å². The normalized spacial score (nSPS) is 22.3. The van der Waals surface area contributed by atoms with Crippen LogP contribution in [-0.2, 0) is 6.54 Å². The second-order valence-electron chi connectivity index (χ2n) is 8.43. The lowest BCUT2D eigenvalue weighted by Gasteiger charge is -2.36. The van der Waals surface area contributed by atoms with Gasteiger partial charge < -0.3 is 19.9 Å². The van der Waals surface area contributed by atoms with Crippen molar-refractivity contribution in [3.05, 3.63) is 42.4 Å². The van der Waals surface area contributed by atoms with Gasteiger partial charge in [0.2, 0.25) is 11.8 Å². The lowest BCUT2D eigenvalue weighted by molar-refractivity contribution is 0.130. The van der Waals surface area contributed by atoms with Crippen molar-refractivity contribution in [3.63, 3.8) is 0 Å². The van der Waals surface area contributed by atoms with Gasteiger partial charge in [-0.15, -0.1) is 0 Å². The number of ether oxygens (including phenoxy) is 1. The molecular formula is C23H33N7O. The smallest absolute Gasteiger partial charge is 0.225 e. The van der Waals surface area contributed by atoms with Gasteiger partial charge in [-0.25, -0.2) is 15.0 Å². The first kappa shape index (κ1) is 21.3. The molecule has 1 saturated carbocycles. The predicted octanol–water partition coefficient (Wildman–Crippen LogP) is 2.73. The van der Waals surface area contributed by atoms with E-state index in [1.807, 2.05) is 31.4 Å². The van der Waals surface area contributed by atoms with Crippen LogP contribution in [0.4, 0.5) is 5.95 Å². The average Bonchev–Trinajstić information content (AvgIpc) is 2.82. The van der Waals surface area contributed by atoms with Crippen LogP contribution in [-0.4, -0.2) is 65.1 Å². The summed E-state index contributed by atoms with van der Waals surface area (Å²) in [5.74, 6) is 3.25. The van der Waals surface area contributed by atoms with E-state index in [1.165, 1.54) is 12.8 Å². The van der Waals surface area contributed by atoms with Gasteiger partial charge in [-0.2, -0.15) is 0 Å². The monoisotopic (exact) mass is 423 g/mol. The molecule has 8 heteroatoms. The molecule has 2 aliphatic rings. The summed E-state index contributed by atoms with van der Waals surface area (Å²) >= 11 is 0. The standard InChI is InChI=1S/C23H33N7O/c1-18-4-6-20(7-5-18)31-21-16-19(8-11-25-21)17-28-22(24-2)29-12-14-30(15-13-29)23-26-9-3-10-27-23/h3,8-11,16,18,20H,4-7,12-15,17H2,1-2H3,(H,24,28). The number of anilines is 1. The fourth-order valence-electron chi connectivity index (χ4n) is 4.23. The Hall–Kier alpha value is -2.90. The van der Waals surface area contributed by atoms with Crippen molar-refractivity contribution in [2.75, 3.05) is 38.1 Å². The molecule has 0 atom stereocenters. The van der Waals surface area contributed by atoms with E-state index in [4.69, 9.17) is 4.74 Å². The molecule has 1 saturated heterocycles. The summed E-state index contributed by atoms with van der Waals surface area (Å²) in [5, 5.41) is 3.49. The predicted molar refractivity (Wildman–Crippen MR) is 122 cm³/mol. The zero-order valence-electron chi connectivity index (χ0n) is 18.6. The van der Waals surface area contributed by atoms with Crippen LogP contribution in [0.5, 0.6) is 5.88 Å². The van der Waals surface area contributed by atoms with E-state index >= 15 is 0 Å². The molecule has 0 unspecified atom stereocenters. The largest absolute Gasteiger partial charge is 0.474 e. The number of nitrogens with one attached hydrogen (secondary N) is 1. The Bertz CT molecular complexity index is 844. The van der Waals surface area contributed by atoms with Gasteiger partial charge in [-0.3, -0.25) is 4.99 Å². The number of hydrogen-bond donors (Lipinski definition) is 1. The van der Waals surface area contributed by atoms with Crippen LogP contribution in [0, 0.1) is 5.92 Å². The topological polar surface area (TPSA) is 78.8 Å². The van der Waals surface area contributed by atoms with Crippen molar-refractivity contribution in [3.8, 4) is 5.88 Å². The van der Waals surface area contributed by atoms with Crippen LogP contribution >= 0.6 is 0 Å². The first-order valence-electron chi connectivity index (χ1n) is 11.3. The third-order valence-electron chi connectivity index (χ3n) is 6.13. The molecule has 31 heavy (non-hydrogen) atoms. The molecule has 2 aromatic heterocycles. The summed E-state index contributed by atoms with van der Waals surface area (Å²) in [7, 11) is 1.83. The molecule has 166 valence electrons. The summed E-state index contributed by atoms with van der Waals surface area (Å²) in [6.07, 6.45) is 10.4. The van der Waals surface area contributed by atoms with Crippen LogP contribution in [0.2, 0.25) is 0 Å². The maximum atomic E-state index is 6.15. The first-order chi connectivity index (χ1) is 15.2. The van der Waals surface area contributed by atoms with E-state index < -0.39 is 0 Å². The second-order valence-corrected chi connectivity index (χ2v) is 8.43. The highest BCUT2D eigenvalue weighted by molar-refractivity contribution is 5.80. The molecule has 0 amide bonds. The average molecular weight is 424 g/mol. The Morgan fingerprint density at radius 2 is 1.81 bits per heavy atom. The molecule has 0 radical (unpaired) electrons. The van der Waals surface area contributed by atoms with Crippen molar-refractivity contribution in [1.29, 1.82) is 0 Å². The maximum absolute atomic E-state index is 6.15. The Morgan fingerprint density at radius 3 is 2.52 bits per heavy atom. The lowest BCUT2D eigenvalue weighted by atomic mass is 9.89. The summed E-state index contributed by atoms with van der Waals surface area (Å²) in [6.45, 7) is 6.51. The number of piperazine rings is 1. The van der Waals surface area contributed by atoms with E-state index in [0.29, 0.717) is 12.6 Å². The van der Waals surface area contributed by atoms with Crippen molar-refractivity contribution in [1.82, 2.24) is 25.2 Å². The molecule has 2 fully saturated rings. The molecule has 0 bridgehead atoms. The number of hydrogen-bond acceptors (Lipinski definition) is 6. The van der Waals surface area contributed by atoms with Crippen LogP contribution in [0.3, 0.4) is 0 Å². The van der Waals surface area contributed by atoms with Gasteiger partial charge in [0, 0.05) is 64.4 Å². The van der Waals surface area contributed by atoms with E-state index in [9.17, 15) is 0 Å². The van der Waals surface area contributed by atoms with Gasteiger partial charge in [-0.05, 0) is 49.3 Å². The molecule has 4 rings (SSSR count). The zero-order valence-corrected chi connectivity index (χ0v) is 18.6. The van der Waals surface area contributed by atoms with Crippen molar-refractivity contribution >= 4 is 11.9 Å². The molecule has 0 aromatic carbocycles. The van der Waals surface area contributed by atoms with Gasteiger partial charge in [-0.1, -0.05) is 6.92 Å². The van der Waals surface area contributed by atoms with Crippen LogP contribution in [0.15, 0.2) is 41.8 Å². The third kappa shape index (κ3) is 5.83. The lowest BCUT2D eigenvalue weighted by Crippen LogP contribution is -2.52. The highest BCUT2D eigenvalue weighted by atomic mass is 16.5. The minimum absolute atomic E-state index is 0.296. The Balaban J connectivity index is 1.27. The number of guanidine groups is 1. The van der Waals surface area contributed by atoms with Gasteiger partial charge in [0.1, 0.15) is 6.10 Å². The van der Waals surface area contributed by atoms with Gasteiger partial charge in [0.15, 0.2) is 5.96 Å². The van der Waals surface area contributed by atoms with Crippen molar-refractivity contribution < 1.29 is 4.74 Å². The summed E-state index contributed by atoms with van der Waals surface area (Å²) < 4.78 is 6.15. The molecule has 1 aliphatic heterocycles. The van der Waals surface area contributed by atoms with E-state index in [2.05, 4.69) is 42.0 Å². The summed E-state index contributed by atoms with van der Waals surface area (Å²) in [4.78, 5) is 22.1. The quantitative estimate of drug-likeness (QED) is 0.585. The summed E-state index contributed by atoms with van der Waals surface area (Å²) in [5.41, 5.74) is 1.15. The highest BCUT2D eigenvalue weighted by Crippen LogP contribution is 2.26. The first-order valence-corrected chi connectivity index (χ1v) is 11.3. The molecule has 8 nitrogen and oxygen atoms in total. The molecule has 1 aliphatic carbocycles. The minimum atomic E-state index is 0.296. The van der Waals surface area contributed by atoms with E-state index in [1.54, 1.807) is 12.4 Å². The van der Waals surface area contributed by atoms with Gasteiger partial charge in [0.05, 0.1) is 0 Å². The van der Waals surface area contributed by atoms with Gasteiger partial charge >= 0.3 is 0 Å². The number of aliphatic imine (C=N–C) groups is 1. The molecule has 2 aromatic rings. The van der Waals surface area contributed by atoms with Crippen molar-refractivity contribution in [2.45, 2.75) is 45.3 Å². The third-order valence-corrected chi connectivity index (χ3v) is 6.13. The fraction of sp³-hybridized carbons (Fsp3) is 0.565. The van der Waals surface area contributed by atoms with E-state index in [-0.39, 0.29) is 0 Å². The summed E-state index contributed by atoms with van der Waals surface area (Å²) in [6, 6.07) is 5.92. The van der Waals surface area contributed by atoms with Crippen LogP contribution < -0.4 is 15.0 Å². The molecule has 3 heterocycles. The SMILES string of the molecule is CN=C(NCc1ccnc(OC2CCC(C)CC2)c1)N1CCN(c2ncccn2)CC1. The minimum Gasteiger partial charge on any atom is -0.474 e. The Labute approximate surface area is 184 Å². The zero-order chi connectivity index (χ0) is 21.5. The Morgan fingerprint density at radius 1 is 1.06 bits per heavy atom. The number of aromatic nitrogens is 3. The van der Waals surface area contributed by atoms with E-state index in [0.717, 1.165) is 68.3 Å². The highest BCUT2D eigenvalue weighted by Gasteiger charge is 2.22. The van der Waals surface area contributed by atoms with Crippen LogP contribution in [0.1, 0.15) is 38.2 Å². The molecule has 0 spiro atoms. The maximum Gasteiger partial charge on any atom is 0.225 e. The molecular weight excluding hydrogens is 390 g/mol. The Kier molecular flexibility index (Phi) is 7.17. The number of rotatable bonds is 5. The molecule has 1 N–H and O–H groups in total. The van der Waals surface area contributed by atoms with Gasteiger partial charge in [0.25, 0.3) is 0 Å². The number of nitrogens with zero attached hydrogens (tertiary/aromatic N) is 6.